The first-order chi connectivity index (χ1) is 19.6. The number of unbranched alkanes of at least 4 members (excludes halogenated alkanes) is 9. The van der Waals surface area contributed by atoms with E-state index < -0.39 is 28.6 Å². The third kappa shape index (κ3) is 14.4. The summed E-state index contributed by atoms with van der Waals surface area (Å²) in [5, 5.41) is 5.13. The molecule has 0 spiro atoms. The first-order valence-corrected chi connectivity index (χ1v) is 15.6. The summed E-state index contributed by atoms with van der Waals surface area (Å²) < 4.78 is 5.46. The number of benzene rings is 1. The number of hydrogen-bond donors (Lipinski definition) is 2. The van der Waals surface area contributed by atoms with Gasteiger partial charge in [0.1, 0.15) is 11.6 Å². The third-order valence-corrected chi connectivity index (χ3v) is 7.31. The average molecular weight is 607 g/mol. The van der Waals surface area contributed by atoms with Crippen LogP contribution in [0.15, 0.2) is 12.1 Å². The molecular weight excluding hydrogens is 556 g/mol. The molecule has 0 unspecified atom stereocenters. The molecular formula is C33H51ClN2O6. The van der Waals surface area contributed by atoms with Crippen LogP contribution in [-0.4, -0.2) is 36.0 Å². The zero-order chi connectivity index (χ0) is 31.9. The molecule has 9 heteroatoms. The lowest BCUT2D eigenvalue weighted by molar-refractivity contribution is -0.132. The second-order valence-electron chi connectivity index (χ2n) is 13.0. The van der Waals surface area contributed by atoms with E-state index in [1.54, 1.807) is 41.5 Å². The minimum absolute atomic E-state index is 0.0330. The molecule has 0 aromatic heterocycles. The quantitative estimate of drug-likeness (QED) is 0.0985. The Bertz CT molecular complexity index is 1020. The maximum atomic E-state index is 12.9. The number of hydrogen-bond acceptors (Lipinski definition) is 6. The van der Waals surface area contributed by atoms with Crippen LogP contribution in [0.5, 0.6) is 0 Å². The standard InChI is InChI=1S/C33H51ClN2O6/c1-8-9-10-11-12-13-14-15-16-17-18-42-31(41)23-19-24(35-28(39)21-26(37)32(2,3)4)30(34)25(20-23)36-29(40)22-27(38)33(5,6)7/h19-20H,8-18,21-22H2,1-7H3,(H,35,39)(H,36,40). The molecule has 0 atom stereocenters. The van der Waals surface area contributed by atoms with Gasteiger partial charge in [-0.1, -0.05) is 118 Å². The second kappa shape index (κ2) is 18.0. The molecule has 2 N–H and O–H groups in total. The Hall–Kier alpha value is -2.74. The highest BCUT2D eigenvalue weighted by atomic mass is 35.5. The highest BCUT2D eigenvalue weighted by Gasteiger charge is 2.26. The van der Waals surface area contributed by atoms with Gasteiger partial charge in [-0.05, 0) is 18.6 Å². The summed E-state index contributed by atoms with van der Waals surface area (Å²) in [6, 6.07) is 2.72. The third-order valence-electron chi connectivity index (χ3n) is 6.90. The van der Waals surface area contributed by atoms with Gasteiger partial charge < -0.3 is 15.4 Å². The summed E-state index contributed by atoms with van der Waals surface area (Å²) in [7, 11) is 0. The van der Waals surface area contributed by atoms with E-state index in [2.05, 4.69) is 17.6 Å². The predicted molar refractivity (Wildman–Crippen MR) is 169 cm³/mol. The minimum atomic E-state index is -0.708. The predicted octanol–water partition coefficient (Wildman–Crippen LogP) is 8.31. The van der Waals surface area contributed by atoms with Crippen LogP contribution >= 0.6 is 11.6 Å². The lowest BCUT2D eigenvalue weighted by Gasteiger charge is -2.18. The number of rotatable bonds is 18. The topological polar surface area (TPSA) is 119 Å². The van der Waals surface area contributed by atoms with Crippen LogP contribution in [-0.2, 0) is 23.9 Å². The van der Waals surface area contributed by atoms with Crippen LogP contribution in [0.25, 0.3) is 0 Å². The lowest BCUT2D eigenvalue weighted by atomic mass is 9.89. The van der Waals surface area contributed by atoms with Crippen LogP contribution in [0.3, 0.4) is 0 Å². The van der Waals surface area contributed by atoms with Crippen molar-refractivity contribution in [3.8, 4) is 0 Å². The largest absolute Gasteiger partial charge is 0.462 e. The molecule has 0 saturated heterocycles. The Balaban J connectivity index is 2.90. The summed E-state index contributed by atoms with van der Waals surface area (Å²) in [6.07, 6.45) is 10.8. The molecule has 1 aromatic rings. The van der Waals surface area contributed by atoms with E-state index in [0.717, 1.165) is 19.3 Å². The zero-order valence-corrected chi connectivity index (χ0v) is 27.4. The number of carbonyl (C=O) groups is 5. The smallest absolute Gasteiger partial charge is 0.338 e. The lowest BCUT2D eigenvalue weighted by Crippen LogP contribution is -2.27. The van der Waals surface area contributed by atoms with Crippen LogP contribution in [0.2, 0.25) is 5.02 Å². The number of amides is 2. The number of nitrogens with one attached hydrogen (secondary N) is 2. The summed E-state index contributed by atoms with van der Waals surface area (Å²) >= 11 is 6.50. The fourth-order valence-corrected chi connectivity index (χ4v) is 4.18. The second-order valence-corrected chi connectivity index (χ2v) is 13.4. The molecule has 236 valence electrons. The van der Waals surface area contributed by atoms with Crippen molar-refractivity contribution in [2.75, 3.05) is 17.2 Å². The van der Waals surface area contributed by atoms with Crippen molar-refractivity contribution >= 4 is 52.3 Å². The normalized spacial score (nSPS) is 11.6. The van der Waals surface area contributed by atoms with Gasteiger partial charge in [0.05, 0.1) is 41.4 Å². The van der Waals surface area contributed by atoms with Crippen molar-refractivity contribution in [1.82, 2.24) is 0 Å². The average Bonchev–Trinajstić information content (AvgIpc) is 2.88. The molecule has 0 radical (unpaired) electrons. The fraction of sp³-hybridized carbons (Fsp3) is 0.667. The van der Waals surface area contributed by atoms with Crippen LogP contribution in [0, 0.1) is 10.8 Å². The van der Waals surface area contributed by atoms with Crippen molar-refractivity contribution in [3.63, 3.8) is 0 Å². The molecule has 8 nitrogen and oxygen atoms in total. The fourth-order valence-electron chi connectivity index (χ4n) is 3.97. The van der Waals surface area contributed by atoms with Gasteiger partial charge in [0, 0.05) is 10.8 Å². The number of ketones is 2. The van der Waals surface area contributed by atoms with Gasteiger partial charge in [0.15, 0.2) is 0 Å². The summed E-state index contributed by atoms with van der Waals surface area (Å²) in [6.45, 7) is 12.7. The van der Waals surface area contributed by atoms with E-state index in [0.29, 0.717) is 0 Å². The Morgan fingerprint density at radius 3 is 1.43 bits per heavy atom. The van der Waals surface area contributed by atoms with Crippen LogP contribution in [0.4, 0.5) is 11.4 Å². The van der Waals surface area contributed by atoms with Crippen molar-refractivity contribution in [3.05, 3.63) is 22.7 Å². The Morgan fingerprint density at radius 1 is 0.667 bits per heavy atom. The molecule has 2 amide bonds. The monoisotopic (exact) mass is 606 g/mol. The van der Waals surface area contributed by atoms with Crippen molar-refractivity contribution in [2.24, 2.45) is 10.8 Å². The van der Waals surface area contributed by atoms with Gasteiger partial charge >= 0.3 is 5.97 Å². The molecule has 0 aliphatic rings. The van der Waals surface area contributed by atoms with Gasteiger partial charge in [0.2, 0.25) is 11.8 Å². The number of esters is 1. The van der Waals surface area contributed by atoms with Gasteiger partial charge in [-0.3, -0.25) is 19.2 Å². The number of ether oxygens (including phenoxy) is 1. The Kier molecular flexibility index (Phi) is 16.0. The Morgan fingerprint density at radius 2 is 1.05 bits per heavy atom. The molecule has 0 saturated carbocycles. The highest BCUT2D eigenvalue weighted by Crippen LogP contribution is 2.33. The first kappa shape index (κ1) is 37.3. The summed E-state index contributed by atoms with van der Waals surface area (Å²) in [4.78, 5) is 62.9. The van der Waals surface area contributed by atoms with Crippen molar-refractivity contribution in [2.45, 2.75) is 126 Å². The number of Topliss-reactive ketones (excluding diaryl/α,β-unsaturated/α-hetero) is 2. The van der Waals surface area contributed by atoms with Gasteiger partial charge in [0.25, 0.3) is 0 Å². The number of anilines is 2. The number of carbonyl (C=O) groups excluding carboxylic acids is 5. The molecule has 0 fully saturated rings. The van der Waals surface area contributed by atoms with Gasteiger partial charge in [-0.2, -0.15) is 0 Å². The summed E-state index contributed by atoms with van der Waals surface area (Å²) in [5.74, 6) is -2.37. The van der Waals surface area contributed by atoms with E-state index in [1.165, 1.54) is 57.1 Å². The molecule has 0 heterocycles. The highest BCUT2D eigenvalue weighted by molar-refractivity contribution is 6.37. The maximum absolute atomic E-state index is 12.9. The van der Waals surface area contributed by atoms with Gasteiger partial charge in [-0.15, -0.1) is 0 Å². The first-order valence-electron chi connectivity index (χ1n) is 15.2. The molecule has 1 rings (SSSR count). The van der Waals surface area contributed by atoms with Crippen LogP contribution < -0.4 is 10.6 Å². The van der Waals surface area contributed by atoms with Gasteiger partial charge in [-0.25, -0.2) is 4.79 Å². The van der Waals surface area contributed by atoms with E-state index in [-0.39, 0.29) is 53.0 Å². The molecule has 0 bridgehead atoms. The van der Waals surface area contributed by atoms with E-state index >= 15 is 0 Å². The molecule has 0 aliphatic heterocycles. The van der Waals surface area contributed by atoms with E-state index in [1.807, 2.05) is 0 Å². The van der Waals surface area contributed by atoms with Crippen LogP contribution in [0.1, 0.15) is 136 Å². The molecule has 1 aromatic carbocycles. The molecule has 42 heavy (non-hydrogen) atoms. The SMILES string of the molecule is CCCCCCCCCCCCOC(=O)c1cc(NC(=O)CC(=O)C(C)(C)C)c(Cl)c(NC(=O)CC(=O)C(C)(C)C)c1. The summed E-state index contributed by atoms with van der Waals surface area (Å²) in [5.41, 5.74) is -1.25. The molecule has 0 aliphatic carbocycles. The minimum Gasteiger partial charge on any atom is -0.462 e. The zero-order valence-electron chi connectivity index (χ0n) is 26.7. The maximum Gasteiger partial charge on any atom is 0.338 e. The number of halogens is 1. The van der Waals surface area contributed by atoms with E-state index in [9.17, 15) is 24.0 Å². The van der Waals surface area contributed by atoms with Crippen molar-refractivity contribution < 1.29 is 28.7 Å². The Labute approximate surface area is 257 Å². The van der Waals surface area contributed by atoms with Crippen molar-refractivity contribution in [1.29, 1.82) is 0 Å². The van der Waals surface area contributed by atoms with E-state index in [4.69, 9.17) is 16.3 Å².